The van der Waals surface area contributed by atoms with E-state index in [-0.39, 0.29) is 0 Å². The van der Waals surface area contributed by atoms with Crippen molar-refractivity contribution in [3.8, 4) is 33.7 Å². The minimum atomic E-state index is 0.395. The van der Waals surface area contributed by atoms with Crippen LogP contribution in [-0.2, 0) is 6.61 Å². The van der Waals surface area contributed by atoms with E-state index in [9.17, 15) is 0 Å². The average molecular weight is 707 g/mol. The van der Waals surface area contributed by atoms with Crippen LogP contribution in [0.15, 0.2) is 186 Å². The normalized spacial score (nSPS) is 11.8. The van der Waals surface area contributed by atoms with Crippen LogP contribution in [0.5, 0.6) is 5.75 Å². The lowest BCUT2D eigenvalue weighted by molar-refractivity contribution is 0.308. The summed E-state index contributed by atoms with van der Waals surface area (Å²) in [5, 5.41) is 9.31. The Morgan fingerprint density at radius 1 is 0.455 bits per heavy atom. The number of anilines is 1. The SMILES string of the molecule is Nc1c(OCc2ccc(-c3ccc4c(c3)c3ccccc3n4-c3ccccc3)cc2)ccc2oc3ccc(-c4ccc5c(ccc6ccccc65)c4)cc3c12. The monoisotopic (exact) mass is 706 g/mol. The maximum absolute atomic E-state index is 6.85. The van der Waals surface area contributed by atoms with E-state index in [1.807, 2.05) is 18.2 Å². The molecule has 0 aliphatic carbocycles. The Bertz CT molecular complexity index is 3260. The largest absolute Gasteiger partial charge is 0.487 e. The predicted octanol–water partition coefficient (Wildman–Crippen LogP) is 13.5. The standard InChI is InChI=1S/C51H34N2O2/c52-51-49(27-26-48-50(51)44-30-37(22-25-47(44)55-48)35-20-23-41-38(28-35)19-18-34-8-4-5-11-40(34)41)54-31-32-14-16-33(17-15-32)36-21-24-46-43(29-36)42-12-6-7-13-45(42)53(46)39-9-2-1-3-10-39/h1-30H,31,52H2. The van der Waals surface area contributed by atoms with Gasteiger partial charge in [-0.1, -0.05) is 121 Å². The molecule has 0 saturated carbocycles. The van der Waals surface area contributed by atoms with Crippen LogP contribution in [-0.4, -0.2) is 4.57 Å². The molecule has 55 heavy (non-hydrogen) atoms. The van der Waals surface area contributed by atoms with Crippen molar-refractivity contribution in [2.75, 3.05) is 5.73 Å². The van der Waals surface area contributed by atoms with Gasteiger partial charge in [-0.15, -0.1) is 0 Å². The quantitative estimate of drug-likeness (QED) is 0.138. The second-order valence-electron chi connectivity index (χ2n) is 14.3. The number of para-hydroxylation sites is 2. The van der Waals surface area contributed by atoms with Crippen LogP contribution in [0.4, 0.5) is 5.69 Å². The molecule has 11 rings (SSSR count). The highest BCUT2D eigenvalue weighted by molar-refractivity contribution is 6.14. The molecular formula is C51H34N2O2. The predicted molar refractivity (Wildman–Crippen MR) is 229 cm³/mol. The summed E-state index contributed by atoms with van der Waals surface area (Å²) in [5.74, 6) is 0.641. The number of aromatic nitrogens is 1. The first-order valence-corrected chi connectivity index (χ1v) is 18.6. The zero-order valence-corrected chi connectivity index (χ0v) is 29.9. The van der Waals surface area contributed by atoms with Gasteiger partial charge in [-0.25, -0.2) is 0 Å². The molecule has 0 aliphatic heterocycles. The van der Waals surface area contributed by atoms with E-state index in [2.05, 4.69) is 168 Å². The molecule has 0 atom stereocenters. The van der Waals surface area contributed by atoms with Crippen molar-refractivity contribution in [1.29, 1.82) is 0 Å². The van der Waals surface area contributed by atoms with Crippen molar-refractivity contribution in [2.45, 2.75) is 6.61 Å². The van der Waals surface area contributed by atoms with Gasteiger partial charge in [0, 0.05) is 21.8 Å². The summed E-state index contributed by atoms with van der Waals surface area (Å²) >= 11 is 0. The summed E-state index contributed by atoms with van der Waals surface area (Å²) in [6.45, 7) is 0.395. The molecule has 9 aromatic carbocycles. The van der Waals surface area contributed by atoms with Crippen molar-refractivity contribution < 1.29 is 9.15 Å². The van der Waals surface area contributed by atoms with Gasteiger partial charge in [-0.05, 0) is 110 Å². The lowest BCUT2D eigenvalue weighted by Crippen LogP contribution is -1.99. The first-order valence-electron chi connectivity index (χ1n) is 18.6. The fourth-order valence-electron chi connectivity index (χ4n) is 8.34. The molecular weight excluding hydrogens is 673 g/mol. The van der Waals surface area contributed by atoms with Gasteiger partial charge < -0.3 is 19.5 Å². The molecule has 0 radical (unpaired) electrons. The van der Waals surface area contributed by atoms with Gasteiger partial charge in [0.15, 0.2) is 0 Å². The number of furan rings is 1. The van der Waals surface area contributed by atoms with Crippen molar-refractivity contribution in [3.63, 3.8) is 0 Å². The number of benzene rings is 9. The minimum absolute atomic E-state index is 0.395. The third-order valence-electron chi connectivity index (χ3n) is 11.1. The van der Waals surface area contributed by atoms with Crippen LogP contribution in [0.3, 0.4) is 0 Å². The van der Waals surface area contributed by atoms with Crippen molar-refractivity contribution in [2.24, 2.45) is 0 Å². The van der Waals surface area contributed by atoms with E-state index in [1.54, 1.807) is 0 Å². The van der Waals surface area contributed by atoms with E-state index < -0.39 is 0 Å². The minimum Gasteiger partial charge on any atom is -0.487 e. The molecule has 0 aliphatic rings. The van der Waals surface area contributed by atoms with E-state index >= 15 is 0 Å². The number of ether oxygens (including phenoxy) is 1. The Hall–Kier alpha value is -7.30. The van der Waals surface area contributed by atoms with Gasteiger partial charge in [0.05, 0.1) is 22.1 Å². The molecule has 4 nitrogen and oxygen atoms in total. The number of nitrogen functional groups attached to an aromatic ring is 1. The van der Waals surface area contributed by atoms with Crippen LogP contribution in [0, 0.1) is 0 Å². The Kier molecular flexibility index (Phi) is 7.04. The average Bonchev–Trinajstić information content (AvgIpc) is 3.79. The summed E-state index contributed by atoms with van der Waals surface area (Å²) in [7, 11) is 0. The Balaban J connectivity index is 0.873. The molecule has 0 amide bonds. The van der Waals surface area contributed by atoms with Gasteiger partial charge >= 0.3 is 0 Å². The smallest absolute Gasteiger partial charge is 0.143 e. The summed E-state index contributed by atoms with van der Waals surface area (Å²) in [6, 6.07) is 64.3. The fourth-order valence-corrected chi connectivity index (χ4v) is 8.34. The molecule has 0 fully saturated rings. The fraction of sp³-hybridized carbons (Fsp3) is 0.0196. The molecule has 0 spiro atoms. The van der Waals surface area contributed by atoms with Crippen molar-refractivity contribution >= 4 is 71.0 Å². The topological polar surface area (TPSA) is 53.3 Å². The number of hydrogen-bond donors (Lipinski definition) is 1. The summed E-state index contributed by atoms with van der Waals surface area (Å²) in [6.07, 6.45) is 0. The number of nitrogens with two attached hydrogens (primary N) is 1. The molecule has 2 aromatic heterocycles. The van der Waals surface area contributed by atoms with Crippen molar-refractivity contribution in [3.05, 3.63) is 188 Å². The zero-order chi connectivity index (χ0) is 36.5. The number of nitrogens with zero attached hydrogens (tertiary/aromatic N) is 1. The van der Waals surface area contributed by atoms with Gasteiger partial charge in [0.1, 0.15) is 23.5 Å². The number of hydrogen-bond acceptors (Lipinski definition) is 3. The molecule has 4 heteroatoms. The van der Waals surface area contributed by atoms with E-state index in [1.165, 1.54) is 48.9 Å². The second kappa shape index (κ2) is 12.4. The third-order valence-corrected chi connectivity index (χ3v) is 11.1. The third kappa shape index (κ3) is 5.14. The van der Waals surface area contributed by atoms with E-state index in [4.69, 9.17) is 14.9 Å². The molecule has 0 unspecified atom stereocenters. The Morgan fingerprint density at radius 3 is 1.98 bits per heavy atom. The lowest BCUT2D eigenvalue weighted by Gasteiger charge is -2.11. The summed E-state index contributed by atoms with van der Waals surface area (Å²) in [4.78, 5) is 0. The lowest BCUT2D eigenvalue weighted by atomic mass is 9.96. The molecule has 2 N–H and O–H groups in total. The highest BCUT2D eigenvalue weighted by Gasteiger charge is 2.16. The highest BCUT2D eigenvalue weighted by atomic mass is 16.5. The van der Waals surface area contributed by atoms with Crippen LogP contribution < -0.4 is 10.5 Å². The van der Waals surface area contributed by atoms with Crippen LogP contribution in [0.25, 0.3) is 93.2 Å². The maximum atomic E-state index is 6.85. The van der Waals surface area contributed by atoms with E-state index in [0.29, 0.717) is 18.0 Å². The molecule has 0 saturated heterocycles. The van der Waals surface area contributed by atoms with E-state index in [0.717, 1.165) is 49.9 Å². The zero-order valence-electron chi connectivity index (χ0n) is 29.9. The first-order chi connectivity index (χ1) is 27.2. The molecule has 2 heterocycles. The Morgan fingerprint density at radius 2 is 1.09 bits per heavy atom. The first kappa shape index (κ1) is 31.2. The second-order valence-corrected chi connectivity index (χ2v) is 14.3. The number of fused-ring (bicyclic) bond motifs is 9. The van der Waals surface area contributed by atoms with Gasteiger partial charge in [-0.2, -0.15) is 0 Å². The molecule has 260 valence electrons. The van der Waals surface area contributed by atoms with Crippen LogP contribution >= 0.6 is 0 Å². The summed E-state index contributed by atoms with van der Waals surface area (Å²) < 4.78 is 15.0. The Labute approximate surface area is 317 Å². The van der Waals surface area contributed by atoms with Crippen LogP contribution in [0.2, 0.25) is 0 Å². The van der Waals surface area contributed by atoms with Gasteiger partial charge in [0.2, 0.25) is 0 Å². The van der Waals surface area contributed by atoms with Crippen LogP contribution in [0.1, 0.15) is 5.56 Å². The number of rotatable bonds is 6. The van der Waals surface area contributed by atoms with Gasteiger partial charge in [-0.3, -0.25) is 0 Å². The highest BCUT2D eigenvalue weighted by Crippen LogP contribution is 2.41. The summed E-state index contributed by atoms with van der Waals surface area (Å²) in [5.41, 5.74) is 18.2. The van der Waals surface area contributed by atoms with Gasteiger partial charge in [0.25, 0.3) is 0 Å². The molecule has 0 bridgehead atoms. The van der Waals surface area contributed by atoms with Crippen molar-refractivity contribution in [1.82, 2.24) is 4.57 Å². The molecule has 11 aromatic rings. The maximum Gasteiger partial charge on any atom is 0.143 e.